The van der Waals surface area contributed by atoms with Crippen molar-refractivity contribution in [2.75, 3.05) is 31.6 Å². The molecule has 1 aromatic rings. The quantitative estimate of drug-likeness (QED) is 0.845. The lowest BCUT2D eigenvalue weighted by atomic mass is 10.1. The van der Waals surface area contributed by atoms with E-state index in [9.17, 15) is 4.39 Å². The van der Waals surface area contributed by atoms with E-state index in [1.165, 1.54) is 6.07 Å². The lowest BCUT2D eigenvalue weighted by Gasteiger charge is -2.39. The van der Waals surface area contributed by atoms with E-state index in [4.69, 9.17) is 5.11 Å². The summed E-state index contributed by atoms with van der Waals surface area (Å²) in [7, 11) is 2.09. The third-order valence-electron chi connectivity index (χ3n) is 3.50. The van der Waals surface area contributed by atoms with Gasteiger partial charge in [-0.25, -0.2) is 4.39 Å². The molecule has 0 amide bonds. The van der Waals surface area contributed by atoms with E-state index in [-0.39, 0.29) is 12.4 Å². The monoisotopic (exact) mass is 238 g/mol. The number of anilines is 1. The minimum Gasteiger partial charge on any atom is -0.392 e. The minimum absolute atomic E-state index is 0.115. The first-order valence-electron chi connectivity index (χ1n) is 5.96. The van der Waals surface area contributed by atoms with Crippen molar-refractivity contribution in [3.63, 3.8) is 0 Å². The molecule has 1 aliphatic rings. The number of aliphatic hydroxyl groups is 1. The summed E-state index contributed by atoms with van der Waals surface area (Å²) in [6.45, 7) is 4.66. The van der Waals surface area contributed by atoms with Gasteiger partial charge in [-0.1, -0.05) is 6.07 Å². The average Bonchev–Trinajstić information content (AvgIpc) is 2.32. The van der Waals surface area contributed by atoms with Gasteiger partial charge < -0.3 is 14.9 Å². The first-order valence-corrected chi connectivity index (χ1v) is 5.96. The molecule has 1 saturated heterocycles. The summed E-state index contributed by atoms with van der Waals surface area (Å²) in [5, 5.41) is 8.95. The Labute approximate surface area is 101 Å². The van der Waals surface area contributed by atoms with E-state index in [2.05, 4.69) is 23.8 Å². The van der Waals surface area contributed by atoms with Gasteiger partial charge in [0.25, 0.3) is 0 Å². The molecule has 17 heavy (non-hydrogen) atoms. The number of halogens is 1. The van der Waals surface area contributed by atoms with Crippen LogP contribution in [0.1, 0.15) is 12.5 Å². The Morgan fingerprint density at radius 1 is 1.41 bits per heavy atom. The van der Waals surface area contributed by atoms with Crippen LogP contribution in [0.4, 0.5) is 10.1 Å². The Hall–Kier alpha value is -1.13. The fraction of sp³-hybridized carbons (Fsp3) is 0.538. The second kappa shape index (κ2) is 5.02. The van der Waals surface area contributed by atoms with Crippen molar-refractivity contribution in [1.29, 1.82) is 0 Å². The molecule has 1 unspecified atom stereocenters. The van der Waals surface area contributed by atoms with Crippen LogP contribution < -0.4 is 4.90 Å². The number of rotatable bonds is 2. The van der Waals surface area contributed by atoms with Gasteiger partial charge in [0.2, 0.25) is 0 Å². The maximum Gasteiger partial charge on any atom is 0.146 e. The summed E-state index contributed by atoms with van der Waals surface area (Å²) in [5.41, 5.74) is 1.26. The summed E-state index contributed by atoms with van der Waals surface area (Å²) in [6, 6.07) is 5.39. The Morgan fingerprint density at radius 3 is 2.76 bits per heavy atom. The molecule has 94 valence electrons. The fourth-order valence-corrected chi connectivity index (χ4v) is 2.17. The van der Waals surface area contributed by atoms with Gasteiger partial charge in [-0.2, -0.15) is 0 Å². The van der Waals surface area contributed by atoms with Crippen LogP contribution in [-0.4, -0.2) is 42.7 Å². The van der Waals surface area contributed by atoms with Gasteiger partial charge in [-0.3, -0.25) is 0 Å². The summed E-state index contributed by atoms with van der Waals surface area (Å²) < 4.78 is 13.9. The lowest BCUT2D eigenvalue weighted by molar-refractivity contribution is 0.233. The zero-order chi connectivity index (χ0) is 12.4. The Balaban J connectivity index is 2.17. The molecule has 0 radical (unpaired) electrons. The highest BCUT2D eigenvalue weighted by Crippen LogP contribution is 2.23. The van der Waals surface area contributed by atoms with E-state index in [1.54, 1.807) is 12.1 Å². The normalized spacial score (nSPS) is 21.9. The summed E-state index contributed by atoms with van der Waals surface area (Å²) in [5.74, 6) is -0.242. The number of piperazine rings is 1. The highest BCUT2D eigenvalue weighted by atomic mass is 19.1. The lowest BCUT2D eigenvalue weighted by Crippen LogP contribution is -2.50. The van der Waals surface area contributed by atoms with Crippen LogP contribution in [0.25, 0.3) is 0 Å². The molecule has 4 heteroatoms. The Bertz CT molecular complexity index is 397. The van der Waals surface area contributed by atoms with Crippen molar-refractivity contribution < 1.29 is 9.50 Å². The first kappa shape index (κ1) is 12.3. The number of hydrogen-bond donors (Lipinski definition) is 1. The topological polar surface area (TPSA) is 26.7 Å². The molecule has 1 aliphatic heterocycles. The second-order valence-electron chi connectivity index (χ2n) is 4.72. The summed E-state index contributed by atoms with van der Waals surface area (Å²) >= 11 is 0. The summed E-state index contributed by atoms with van der Waals surface area (Å²) in [6.07, 6.45) is 0. The molecular formula is C13H19FN2O. The number of nitrogens with zero attached hydrogens (tertiary/aromatic N) is 2. The third kappa shape index (κ3) is 2.58. The maximum absolute atomic E-state index is 13.9. The highest BCUT2D eigenvalue weighted by Gasteiger charge is 2.22. The molecular weight excluding hydrogens is 219 g/mol. The SMILES string of the molecule is CC1CN(c2ccc(CO)cc2F)CCN1C. The molecule has 0 spiro atoms. The third-order valence-corrected chi connectivity index (χ3v) is 3.50. The minimum atomic E-state index is -0.242. The maximum atomic E-state index is 13.9. The van der Waals surface area contributed by atoms with Gasteiger partial charge >= 0.3 is 0 Å². The zero-order valence-electron chi connectivity index (χ0n) is 10.4. The van der Waals surface area contributed by atoms with E-state index in [1.807, 2.05) is 0 Å². The zero-order valence-corrected chi connectivity index (χ0v) is 10.4. The molecule has 3 nitrogen and oxygen atoms in total. The van der Waals surface area contributed by atoms with Crippen LogP contribution in [0.3, 0.4) is 0 Å². The molecule has 1 fully saturated rings. The smallest absolute Gasteiger partial charge is 0.146 e. The van der Waals surface area contributed by atoms with Crippen LogP contribution >= 0.6 is 0 Å². The molecule has 0 saturated carbocycles. The van der Waals surface area contributed by atoms with Crippen LogP contribution in [0.15, 0.2) is 18.2 Å². The molecule has 2 rings (SSSR count). The number of aliphatic hydroxyl groups excluding tert-OH is 1. The van der Waals surface area contributed by atoms with E-state index < -0.39 is 0 Å². The van der Waals surface area contributed by atoms with Gasteiger partial charge in [0.05, 0.1) is 12.3 Å². The van der Waals surface area contributed by atoms with Gasteiger partial charge in [-0.05, 0) is 31.7 Å². The van der Waals surface area contributed by atoms with Crippen molar-refractivity contribution in [1.82, 2.24) is 4.90 Å². The molecule has 0 aromatic heterocycles. The van der Waals surface area contributed by atoms with Gasteiger partial charge in [0, 0.05) is 25.7 Å². The standard InChI is InChI=1S/C13H19FN2O/c1-10-8-16(6-5-15(10)2)13-4-3-11(9-17)7-12(13)14/h3-4,7,10,17H,5-6,8-9H2,1-2H3. The molecule has 1 heterocycles. The summed E-state index contributed by atoms with van der Waals surface area (Å²) in [4.78, 5) is 4.34. The first-order chi connectivity index (χ1) is 8.11. The van der Waals surface area contributed by atoms with Crippen molar-refractivity contribution in [2.24, 2.45) is 0 Å². The van der Waals surface area contributed by atoms with Crippen LogP contribution in [0.2, 0.25) is 0 Å². The van der Waals surface area contributed by atoms with Crippen molar-refractivity contribution in [3.8, 4) is 0 Å². The molecule has 0 aliphatic carbocycles. The fourth-order valence-electron chi connectivity index (χ4n) is 2.17. The van der Waals surface area contributed by atoms with Crippen molar-refractivity contribution in [3.05, 3.63) is 29.6 Å². The van der Waals surface area contributed by atoms with Crippen molar-refractivity contribution >= 4 is 5.69 Å². The number of benzene rings is 1. The average molecular weight is 238 g/mol. The molecule has 1 aromatic carbocycles. The Kier molecular flexibility index (Phi) is 3.64. The van der Waals surface area contributed by atoms with E-state index in [0.29, 0.717) is 17.3 Å². The van der Waals surface area contributed by atoms with E-state index >= 15 is 0 Å². The number of likely N-dealkylation sites (N-methyl/N-ethyl adjacent to an activating group) is 1. The molecule has 0 bridgehead atoms. The predicted octanol–water partition coefficient (Wildman–Crippen LogP) is 1.46. The molecule has 1 atom stereocenters. The highest BCUT2D eigenvalue weighted by molar-refractivity contribution is 5.49. The van der Waals surface area contributed by atoms with Gasteiger partial charge in [0.1, 0.15) is 5.82 Å². The molecule has 1 N–H and O–H groups in total. The van der Waals surface area contributed by atoms with Crippen molar-refractivity contribution in [2.45, 2.75) is 19.6 Å². The van der Waals surface area contributed by atoms with Crippen LogP contribution in [0.5, 0.6) is 0 Å². The largest absolute Gasteiger partial charge is 0.392 e. The van der Waals surface area contributed by atoms with Crippen LogP contribution in [-0.2, 0) is 6.61 Å². The van der Waals surface area contributed by atoms with Crippen LogP contribution in [0, 0.1) is 5.82 Å². The number of hydrogen-bond acceptors (Lipinski definition) is 3. The van der Waals surface area contributed by atoms with Gasteiger partial charge in [0.15, 0.2) is 0 Å². The Morgan fingerprint density at radius 2 is 2.18 bits per heavy atom. The predicted molar refractivity (Wildman–Crippen MR) is 66.6 cm³/mol. The second-order valence-corrected chi connectivity index (χ2v) is 4.72. The van der Waals surface area contributed by atoms with Gasteiger partial charge in [-0.15, -0.1) is 0 Å². The van der Waals surface area contributed by atoms with E-state index in [0.717, 1.165) is 19.6 Å².